The minimum absolute atomic E-state index is 0.127. The Kier molecular flexibility index (Phi) is 7.10. The molecule has 1 aromatic heterocycles. The third-order valence-electron chi connectivity index (χ3n) is 5.85. The maximum absolute atomic E-state index is 13.0. The number of urea groups is 1. The number of hydrogen-bond donors (Lipinski definition) is 2. The lowest BCUT2D eigenvalue weighted by molar-refractivity contribution is 0.0937. The van der Waals surface area contributed by atoms with E-state index in [1.165, 1.54) is 12.1 Å². The number of hydrogen-bond acceptors (Lipinski definition) is 4. The molecule has 1 aliphatic heterocycles. The van der Waals surface area contributed by atoms with Gasteiger partial charge in [0.2, 0.25) is 0 Å². The first-order valence-corrected chi connectivity index (χ1v) is 11.2. The second kappa shape index (κ2) is 10.4. The maximum atomic E-state index is 13.0. The van der Waals surface area contributed by atoms with Crippen molar-refractivity contribution in [2.75, 3.05) is 26.7 Å². The number of rotatable bonds is 7. The zero-order chi connectivity index (χ0) is 24.1. The topological polar surface area (TPSA) is 88.5 Å². The highest BCUT2D eigenvalue weighted by Crippen LogP contribution is 2.25. The summed E-state index contributed by atoms with van der Waals surface area (Å²) >= 11 is 0. The van der Waals surface area contributed by atoms with Crippen LogP contribution >= 0.6 is 0 Å². The molecular formula is C25H28FN5O3. The van der Waals surface area contributed by atoms with Crippen LogP contribution in [0.1, 0.15) is 28.0 Å². The lowest BCUT2D eigenvalue weighted by atomic mass is 10.1. The minimum Gasteiger partial charge on any atom is -0.495 e. The molecule has 178 valence electrons. The van der Waals surface area contributed by atoms with Crippen molar-refractivity contribution in [2.45, 2.75) is 25.8 Å². The molecule has 3 aromatic rings. The van der Waals surface area contributed by atoms with E-state index < -0.39 is 0 Å². The molecule has 9 heteroatoms. The summed E-state index contributed by atoms with van der Waals surface area (Å²) in [5.74, 6) is 0.0782. The van der Waals surface area contributed by atoms with Gasteiger partial charge in [-0.2, -0.15) is 0 Å². The van der Waals surface area contributed by atoms with Gasteiger partial charge in [0.1, 0.15) is 11.6 Å². The SMILES string of the molecule is COc1cc(C(=O)NC2CCN(C(=O)NCCc3ccc(F)cc3)C2)ccc1-n1cnc(C)c1. The first-order chi connectivity index (χ1) is 16.4. The van der Waals surface area contributed by atoms with Crippen molar-refractivity contribution in [3.05, 3.63) is 77.6 Å². The van der Waals surface area contributed by atoms with Crippen molar-refractivity contribution in [3.63, 3.8) is 0 Å². The lowest BCUT2D eigenvalue weighted by Crippen LogP contribution is -2.42. The van der Waals surface area contributed by atoms with Crippen molar-refractivity contribution >= 4 is 11.9 Å². The number of methoxy groups -OCH3 is 1. The predicted octanol–water partition coefficient (Wildman–Crippen LogP) is 3.08. The molecule has 4 rings (SSSR count). The smallest absolute Gasteiger partial charge is 0.317 e. The fourth-order valence-electron chi connectivity index (χ4n) is 3.99. The van der Waals surface area contributed by atoms with Crippen LogP contribution < -0.4 is 15.4 Å². The largest absolute Gasteiger partial charge is 0.495 e. The van der Waals surface area contributed by atoms with Crippen LogP contribution in [0, 0.1) is 12.7 Å². The van der Waals surface area contributed by atoms with Crippen molar-refractivity contribution < 1.29 is 18.7 Å². The summed E-state index contributed by atoms with van der Waals surface area (Å²) in [6, 6.07) is 11.2. The number of ether oxygens (including phenoxy) is 1. The van der Waals surface area contributed by atoms with Crippen LogP contribution in [0.15, 0.2) is 55.0 Å². The Morgan fingerprint density at radius 2 is 2.00 bits per heavy atom. The van der Waals surface area contributed by atoms with Gasteiger partial charge in [-0.05, 0) is 55.7 Å². The van der Waals surface area contributed by atoms with E-state index in [1.807, 2.05) is 23.8 Å². The highest BCUT2D eigenvalue weighted by Gasteiger charge is 2.27. The fraction of sp³-hybridized carbons (Fsp3) is 0.320. The van der Waals surface area contributed by atoms with Crippen LogP contribution in [0.3, 0.4) is 0 Å². The van der Waals surface area contributed by atoms with Gasteiger partial charge in [-0.25, -0.2) is 14.2 Å². The molecule has 1 saturated heterocycles. The predicted molar refractivity (Wildman–Crippen MR) is 126 cm³/mol. The first kappa shape index (κ1) is 23.3. The zero-order valence-corrected chi connectivity index (χ0v) is 19.3. The monoisotopic (exact) mass is 465 g/mol. The van der Waals surface area contributed by atoms with Crippen LogP contribution in [0.25, 0.3) is 5.69 Å². The van der Waals surface area contributed by atoms with Crippen molar-refractivity contribution in [2.24, 2.45) is 0 Å². The molecule has 1 atom stereocenters. The molecule has 0 saturated carbocycles. The van der Waals surface area contributed by atoms with Crippen LogP contribution in [-0.4, -0.2) is 59.2 Å². The van der Waals surface area contributed by atoms with Crippen molar-refractivity contribution in [1.82, 2.24) is 25.1 Å². The van der Waals surface area contributed by atoms with E-state index in [2.05, 4.69) is 15.6 Å². The average molecular weight is 466 g/mol. The number of nitrogens with one attached hydrogen (secondary N) is 2. The molecule has 0 radical (unpaired) electrons. The van der Waals surface area contributed by atoms with Crippen molar-refractivity contribution in [3.8, 4) is 11.4 Å². The summed E-state index contributed by atoms with van der Waals surface area (Å²) in [6.07, 6.45) is 4.89. The molecule has 0 aliphatic carbocycles. The molecule has 1 fully saturated rings. The van der Waals surface area contributed by atoms with Crippen LogP contribution in [0.4, 0.5) is 9.18 Å². The van der Waals surface area contributed by atoms with E-state index >= 15 is 0 Å². The number of aryl methyl sites for hydroxylation is 1. The highest BCUT2D eigenvalue weighted by molar-refractivity contribution is 5.95. The van der Waals surface area contributed by atoms with Gasteiger partial charge < -0.3 is 24.8 Å². The number of carbonyl (C=O) groups is 2. The maximum Gasteiger partial charge on any atom is 0.317 e. The highest BCUT2D eigenvalue weighted by atomic mass is 19.1. The summed E-state index contributed by atoms with van der Waals surface area (Å²) in [5.41, 5.74) is 3.12. The van der Waals surface area contributed by atoms with E-state index in [9.17, 15) is 14.0 Å². The molecule has 8 nitrogen and oxygen atoms in total. The number of amides is 3. The molecule has 34 heavy (non-hydrogen) atoms. The molecule has 2 N–H and O–H groups in total. The molecule has 3 amide bonds. The van der Waals surface area contributed by atoms with E-state index in [1.54, 1.807) is 42.6 Å². The van der Waals surface area contributed by atoms with Gasteiger partial charge in [0.25, 0.3) is 5.91 Å². The quantitative estimate of drug-likeness (QED) is 0.561. The first-order valence-electron chi connectivity index (χ1n) is 11.2. The standard InChI is InChI=1S/C25H28FN5O3/c1-17-14-31(16-28-17)22-8-5-19(13-23(22)34-2)24(32)29-21-10-12-30(15-21)25(33)27-11-9-18-3-6-20(26)7-4-18/h3-8,13-14,16,21H,9-12,15H2,1-2H3,(H,27,33)(H,29,32). The van der Waals surface area contributed by atoms with Gasteiger partial charge in [-0.15, -0.1) is 0 Å². The van der Waals surface area contributed by atoms with E-state index in [-0.39, 0.29) is 23.8 Å². The Bertz CT molecular complexity index is 1160. The number of imidazole rings is 1. The van der Waals surface area contributed by atoms with Gasteiger partial charge in [-0.3, -0.25) is 4.79 Å². The second-order valence-corrected chi connectivity index (χ2v) is 8.32. The summed E-state index contributed by atoms with van der Waals surface area (Å²) in [4.78, 5) is 31.2. The molecule has 0 spiro atoms. The molecular weight excluding hydrogens is 437 g/mol. The number of carbonyl (C=O) groups excluding carboxylic acids is 2. The summed E-state index contributed by atoms with van der Waals surface area (Å²) in [7, 11) is 1.56. The Labute approximate surface area is 197 Å². The fourth-order valence-corrected chi connectivity index (χ4v) is 3.99. The van der Waals surface area contributed by atoms with Gasteiger partial charge in [0.05, 0.1) is 24.8 Å². The number of nitrogens with zero attached hydrogens (tertiary/aromatic N) is 3. The summed E-state index contributed by atoms with van der Waals surface area (Å²) in [6.45, 7) is 3.37. The average Bonchev–Trinajstić information content (AvgIpc) is 3.49. The third kappa shape index (κ3) is 5.54. The molecule has 1 unspecified atom stereocenters. The number of benzene rings is 2. The van der Waals surface area contributed by atoms with Crippen LogP contribution in [-0.2, 0) is 6.42 Å². The zero-order valence-electron chi connectivity index (χ0n) is 19.3. The normalized spacial score (nSPS) is 15.3. The summed E-state index contributed by atoms with van der Waals surface area (Å²) in [5, 5.41) is 5.90. The number of likely N-dealkylation sites (tertiary alicyclic amines) is 1. The molecule has 2 aromatic carbocycles. The number of halogens is 1. The van der Waals surface area contributed by atoms with Gasteiger partial charge >= 0.3 is 6.03 Å². The van der Waals surface area contributed by atoms with E-state index in [0.717, 1.165) is 16.9 Å². The van der Waals surface area contributed by atoms with Gasteiger partial charge in [0, 0.05) is 37.4 Å². The summed E-state index contributed by atoms with van der Waals surface area (Å²) < 4.78 is 20.3. The lowest BCUT2D eigenvalue weighted by Gasteiger charge is -2.18. The minimum atomic E-state index is -0.277. The van der Waals surface area contributed by atoms with Crippen LogP contribution in [0.2, 0.25) is 0 Å². The Balaban J connectivity index is 1.28. The second-order valence-electron chi connectivity index (χ2n) is 8.32. The van der Waals surface area contributed by atoms with E-state index in [4.69, 9.17) is 4.74 Å². The Morgan fingerprint density at radius 3 is 2.71 bits per heavy atom. The van der Waals surface area contributed by atoms with Crippen LogP contribution in [0.5, 0.6) is 5.75 Å². The third-order valence-corrected chi connectivity index (χ3v) is 5.85. The Morgan fingerprint density at radius 1 is 1.21 bits per heavy atom. The van der Waals surface area contributed by atoms with Crippen molar-refractivity contribution in [1.29, 1.82) is 0 Å². The van der Waals surface area contributed by atoms with Gasteiger partial charge in [0.15, 0.2) is 0 Å². The molecule has 2 heterocycles. The molecule has 0 bridgehead atoms. The van der Waals surface area contributed by atoms with Gasteiger partial charge in [-0.1, -0.05) is 12.1 Å². The Hall–Kier alpha value is -3.88. The molecule has 1 aliphatic rings. The number of aromatic nitrogens is 2. The van der Waals surface area contributed by atoms with E-state index in [0.29, 0.717) is 43.8 Å².